The lowest BCUT2D eigenvalue weighted by Gasteiger charge is -2.29. The summed E-state index contributed by atoms with van der Waals surface area (Å²) < 4.78 is 7.29. The van der Waals surface area contributed by atoms with Gasteiger partial charge in [-0.25, -0.2) is 4.68 Å². The molecule has 6 nitrogen and oxygen atoms in total. The molecule has 0 bridgehead atoms. The Labute approximate surface area is 143 Å². The van der Waals surface area contributed by atoms with Crippen LogP contribution in [0.3, 0.4) is 0 Å². The molecule has 1 aromatic heterocycles. The van der Waals surface area contributed by atoms with Gasteiger partial charge in [0.15, 0.2) is 0 Å². The molecular weight excluding hydrogens is 304 g/mol. The van der Waals surface area contributed by atoms with Crippen LogP contribution in [0.1, 0.15) is 5.56 Å². The normalized spacial score (nSPS) is 15.9. The first kappa shape index (κ1) is 17.1. The lowest BCUT2D eigenvalue weighted by atomic mass is 10.3. The van der Waals surface area contributed by atoms with Crippen molar-refractivity contribution >= 4 is 0 Å². The highest BCUT2D eigenvalue weighted by molar-refractivity contribution is 5.30. The van der Waals surface area contributed by atoms with Crippen LogP contribution in [0.5, 0.6) is 0 Å². The van der Waals surface area contributed by atoms with Gasteiger partial charge in [0.2, 0.25) is 0 Å². The topological polar surface area (TPSA) is 53.8 Å². The molecule has 0 atom stereocenters. The molecule has 6 heteroatoms. The second-order valence-electron chi connectivity index (χ2n) is 6.08. The zero-order valence-electron chi connectivity index (χ0n) is 14.0. The first-order valence-electron chi connectivity index (χ1n) is 8.57. The van der Waals surface area contributed by atoms with Crippen LogP contribution >= 0.6 is 0 Å². The van der Waals surface area contributed by atoms with Crippen molar-refractivity contribution < 1.29 is 9.84 Å². The summed E-state index contributed by atoms with van der Waals surface area (Å²) in [5, 5.41) is 13.8. The SMILES string of the molecule is OCCN(CCN1CCOCC1)Cc1cnn(-c2ccccc2)c1. The largest absolute Gasteiger partial charge is 0.395 e. The molecule has 2 heterocycles. The van der Waals surface area contributed by atoms with E-state index < -0.39 is 0 Å². The highest BCUT2D eigenvalue weighted by atomic mass is 16.5. The predicted octanol–water partition coefficient (Wildman–Crippen LogP) is 0.999. The van der Waals surface area contributed by atoms with Crippen LogP contribution in [0.4, 0.5) is 0 Å². The van der Waals surface area contributed by atoms with E-state index in [1.54, 1.807) is 0 Å². The summed E-state index contributed by atoms with van der Waals surface area (Å²) in [5.74, 6) is 0. The molecule has 1 aromatic carbocycles. The number of aliphatic hydroxyl groups is 1. The molecule has 0 radical (unpaired) electrons. The first-order valence-corrected chi connectivity index (χ1v) is 8.57. The van der Waals surface area contributed by atoms with Crippen molar-refractivity contribution in [3.8, 4) is 5.69 Å². The molecule has 0 spiro atoms. The third-order valence-corrected chi connectivity index (χ3v) is 4.32. The van der Waals surface area contributed by atoms with E-state index in [2.05, 4.69) is 21.1 Å². The van der Waals surface area contributed by atoms with Crippen molar-refractivity contribution in [2.24, 2.45) is 0 Å². The Balaban J connectivity index is 1.55. The summed E-state index contributed by atoms with van der Waals surface area (Å²) >= 11 is 0. The number of aromatic nitrogens is 2. The van der Waals surface area contributed by atoms with Gasteiger partial charge in [-0.1, -0.05) is 18.2 Å². The molecule has 1 N–H and O–H groups in total. The van der Waals surface area contributed by atoms with Crippen LogP contribution in [-0.4, -0.2) is 77.2 Å². The van der Waals surface area contributed by atoms with Gasteiger partial charge in [0.1, 0.15) is 0 Å². The van der Waals surface area contributed by atoms with E-state index in [9.17, 15) is 5.11 Å². The molecule has 1 aliphatic rings. The maximum absolute atomic E-state index is 9.34. The number of benzene rings is 1. The molecular formula is C18H26N4O2. The van der Waals surface area contributed by atoms with E-state index >= 15 is 0 Å². The van der Waals surface area contributed by atoms with Gasteiger partial charge in [-0.2, -0.15) is 5.10 Å². The molecule has 0 unspecified atom stereocenters. The van der Waals surface area contributed by atoms with E-state index in [0.29, 0.717) is 6.54 Å². The lowest BCUT2D eigenvalue weighted by Crippen LogP contribution is -2.41. The minimum Gasteiger partial charge on any atom is -0.395 e. The maximum Gasteiger partial charge on any atom is 0.0645 e. The molecule has 0 saturated carbocycles. The number of ether oxygens (including phenoxy) is 1. The van der Waals surface area contributed by atoms with Crippen molar-refractivity contribution in [1.82, 2.24) is 19.6 Å². The summed E-state index contributed by atoms with van der Waals surface area (Å²) in [6, 6.07) is 10.1. The minimum atomic E-state index is 0.177. The van der Waals surface area contributed by atoms with Crippen LogP contribution in [-0.2, 0) is 11.3 Å². The van der Waals surface area contributed by atoms with Crippen molar-refractivity contribution in [1.29, 1.82) is 0 Å². The Kier molecular flexibility index (Phi) is 6.37. The summed E-state index contributed by atoms with van der Waals surface area (Å²) in [4.78, 5) is 4.70. The number of para-hydroxylation sites is 1. The monoisotopic (exact) mass is 330 g/mol. The van der Waals surface area contributed by atoms with Crippen LogP contribution in [0, 0.1) is 0 Å². The molecule has 0 amide bonds. The van der Waals surface area contributed by atoms with Crippen LogP contribution in [0.2, 0.25) is 0 Å². The van der Waals surface area contributed by atoms with E-state index in [4.69, 9.17) is 4.74 Å². The van der Waals surface area contributed by atoms with Crippen molar-refractivity contribution in [2.45, 2.75) is 6.54 Å². The third-order valence-electron chi connectivity index (χ3n) is 4.32. The Morgan fingerprint density at radius 3 is 2.67 bits per heavy atom. The maximum atomic E-state index is 9.34. The predicted molar refractivity (Wildman–Crippen MR) is 93.2 cm³/mol. The molecule has 1 aliphatic heterocycles. The lowest BCUT2D eigenvalue weighted by molar-refractivity contribution is 0.0320. The van der Waals surface area contributed by atoms with Gasteiger partial charge >= 0.3 is 0 Å². The van der Waals surface area contributed by atoms with E-state index in [1.807, 2.05) is 41.2 Å². The van der Waals surface area contributed by atoms with Gasteiger partial charge in [-0.15, -0.1) is 0 Å². The summed E-state index contributed by atoms with van der Waals surface area (Å²) in [6.45, 7) is 7.26. The molecule has 0 aliphatic carbocycles. The molecule has 1 fully saturated rings. The van der Waals surface area contributed by atoms with Gasteiger partial charge in [0.25, 0.3) is 0 Å². The molecule has 24 heavy (non-hydrogen) atoms. The molecule has 130 valence electrons. The molecule has 2 aromatic rings. The Morgan fingerprint density at radius 1 is 1.12 bits per heavy atom. The smallest absolute Gasteiger partial charge is 0.0645 e. The number of rotatable bonds is 8. The standard InChI is InChI=1S/C18H26N4O2/c23-11-8-21(7-6-20-9-12-24-13-10-20)15-17-14-19-22(16-17)18-4-2-1-3-5-18/h1-5,14,16,23H,6-13,15H2. The van der Waals surface area contributed by atoms with E-state index in [1.165, 1.54) is 0 Å². The Bertz CT molecular complexity index is 596. The fourth-order valence-corrected chi connectivity index (χ4v) is 2.94. The Morgan fingerprint density at radius 2 is 1.92 bits per heavy atom. The van der Waals surface area contributed by atoms with E-state index in [0.717, 1.165) is 57.2 Å². The molecule has 3 rings (SSSR count). The fourth-order valence-electron chi connectivity index (χ4n) is 2.94. The average Bonchev–Trinajstić information content (AvgIpc) is 3.10. The first-order chi connectivity index (χ1) is 11.8. The highest BCUT2D eigenvalue weighted by Crippen LogP contribution is 2.10. The van der Waals surface area contributed by atoms with Crippen LogP contribution < -0.4 is 0 Å². The quantitative estimate of drug-likeness (QED) is 0.783. The number of nitrogens with zero attached hydrogens (tertiary/aromatic N) is 4. The Hall–Kier alpha value is -1.73. The minimum absolute atomic E-state index is 0.177. The zero-order valence-corrected chi connectivity index (χ0v) is 14.0. The number of aliphatic hydroxyl groups excluding tert-OH is 1. The number of hydrogen-bond donors (Lipinski definition) is 1. The van der Waals surface area contributed by atoms with Crippen molar-refractivity contribution in [3.05, 3.63) is 48.3 Å². The second kappa shape index (κ2) is 8.94. The number of morpholine rings is 1. The van der Waals surface area contributed by atoms with Crippen LogP contribution in [0.15, 0.2) is 42.7 Å². The van der Waals surface area contributed by atoms with Gasteiger partial charge in [-0.3, -0.25) is 9.80 Å². The van der Waals surface area contributed by atoms with Gasteiger partial charge in [0.05, 0.1) is 31.7 Å². The van der Waals surface area contributed by atoms with Crippen molar-refractivity contribution in [3.63, 3.8) is 0 Å². The second-order valence-corrected chi connectivity index (χ2v) is 6.08. The van der Waals surface area contributed by atoms with Crippen molar-refractivity contribution in [2.75, 3.05) is 52.5 Å². The zero-order chi connectivity index (χ0) is 16.6. The molecule has 1 saturated heterocycles. The van der Waals surface area contributed by atoms with Gasteiger partial charge in [0, 0.05) is 51.0 Å². The third kappa shape index (κ3) is 4.88. The number of hydrogen-bond acceptors (Lipinski definition) is 5. The average molecular weight is 330 g/mol. The summed E-state index contributed by atoms with van der Waals surface area (Å²) in [7, 11) is 0. The fraction of sp³-hybridized carbons (Fsp3) is 0.500. The summed E-state index contributed by atoms with van der Waals surface area (Å²) in [5.41, 5.74) is 2.22. The van der Waals surface area contributed by atoms with Crippen LogP contribution in [0.25, 0.3) is 5.69 Å². The highest BCUT2D eigenvalue weighted by Gasteiger charge is 2.13. The van der Waals surface area contributed by atoms with Gasteiger partial charge < -0.3 is 9.84 Å². The van der Waals surface area contributed by atoms with E-state index in [-0.39, 0.29) is 6.61 Å². The summed E-state index contributed by atoms with van der Waals surface area (Å²) in [6.07, 6.45) is 3.97. The van der Waals surface area contributed by atoms with Gasteiger partial charge in [-0.05, 0) is 12.1 Å².